The van der Waals surface area contributed by atoms with Gasteiger partial charge in [-0.3, -0.25) is 0 Å². The van der Waals surface area contributed by atoms with Gasteiger partial charge in [0, 0.05) is 13.7 Å². The van der Waals surface area contributed by atoms with Crippen molar-refractivity contribution in [3.8, 4) is 0 Å². The summed E-state index contributed by atoms with van der Waals surface area (Å²) in [5.41, 5.74) is 1.02. The van der Waals surface area contributed by atoms with Crippen molar-refractivity contribution in [2.24, 2.45) is 0 Å². The van der Waals surface area contributed by atoms with Crippen LogP contribution in [0.4, 0.5) is 5.82 Å². The SMILES string of the molecule is CCCC(OCC)c1nc(CC)c(Br)c(NC)n1. The van der Waals surface area contributed by atoms with Crippen molar-refractivity contribution in [1.82, 2.24) is 9.97 Å². The molecule has 102 valence electrons. The van der Waals surface area contributed by atoms with Gasteiger partial charge in [0.2, 0.25) is 0 Å². The average molecular weight is 316 g/mol. The molecule has 1 atom stereocenters. The van der Waals surface area contributed by atoms with E-state index in [0.29, 0.717) is 6.61 Å². The lowest BCUT2D eigenvalue weighted by Gasteiger charge is -2.17. The quantitative estimate of drug-likeness (QED) is 0.833. The van der Waals surface area contributed by atoms with E-state index in [-0.39, 0.29) is 6.10 Å². The summed E-state index contributed by atoms with van der Waals surface area (Å²) in [7, 11) is 1.87. The van der Waals surface area contributed by atoms with E-state index in [4.69, 9.17) is 4.74 Å². The molecule has 0 aliphatic carbocycles. The third kappa shape index (κ3) is 3.65. The van der Waals surface area contributed by atoms with Gasteiger partial charge in [-0.15, -0.1) is 0 Å². The van der Waals surface area contributed by atoms with Gasteiger partial charge in [0.15, 0.2) is 5.82 Å². The molecule has 0 amide bonds. The summed E-state index contributed by atoms with van der Waals surface area (Å²) in [6.07, 6.45) is 2.86. The number of nitrogens with zero attached hydrogens (tertiary/aromatic N) is 2. The Balaban J connectivity index is 3.13. The number of hydrogen-bond acceptors (Lipinski definition) is 4. The van der Waals surface area contributed by atoms with E-state index in [1.54, 1.807) is 0 Å². The Labute approximate surface area is 118 Å². The highest BCUT2D eigenvalue weighted by molar-refractivity contribution is 9.10. The van der Waals surface area contributed by atoms with Gasteiger partial charge in [-0.2, -0.15) is 0 Å². The topological polar surface area (TPSA) is 47.0 Å². The second-order valence-corrected chi connectivity index (χ2v) is 4.82. The highest BCUT2D eigenvalue weighted by atomic mass is 79.9. The van der Waals surface area contributed by atoms with Crippen molar-refractivity contribution >= 4 is 21.7 Å². The molecule has 0 aromatic carbocycles. The van der Waals surface area contributed by atoms with Crippen molar-refractivity contribution in [2.75, 3.05) is 19.0 Å². The first-order valence-electron chi connectivity index (χ1n) is 6.53. The number of aryl methyl sites for hydroxylation is 1. The Hall–Kier alpha value is -0.680. The molecule has 18 heavy (non-hydrogen) atoms. The Morgan fingerprint density at radius 2 is 2.00 bits per heavy atom. The molecular weight excluding hydrogens is 294 g/mol. The Kier molecular flexibility index (Phi) is 6.57. The lowest BCUT2D eigenvalue weighted by Crippen LogP contribution is -2.12. The van der Waals surface area contributed by atoms with E-state index in [2.05, 4.69) is 45.1 Å². The smallest absolute Gasteiger partial charge is 0.159 e. The molecule has 0 saturated carbocycles. The third-order valence-corrected chi connectivity index (χ3v) is 3.55. The molecule has 0 aliphatic rings. The molecule has 1 unspecified atom stereocenters. The Bertz CT molecular complexity index is 353. The van der Waals surface area contributed by atoms with Crippen LogP contribution in [0.15, 0.2) is 4.47 Å². The van der Waals surface area contributed by atoms with Crippen LogP contribution in [-0.2, 0) is 11.2 Å². The van der Waals surface area contributed by atoms with Crippen LogP contribution in [0.5, 0.6) is 0 Å². The molecule has 0 fully saturated rings. The lowest BCUT2D eigenvalue weighted by molar-refractivity contribution is 0.0493. The molecule has 1 aromatic heterocycles. The minimum Gasteiger partial charge on any atom is -0.372 e. The van der Waals surface area contributed by atoms with Gasteiger partial charge in [0.05, 0.1) is 10.2 Å². The van der Waals surface area contributed by atoms with Gasteiger partial charge in [-0.05, 0) is 35.7 Å². The number of nitrogens with one attached hydrogen (secondary N) is 1. The third-order valence-electron chi connectivity index (χ3n) is 2.72. The van der Waals surface area contributed by atoms with E-state index in [1.165, 1.54) is 0 Å². The second kappa shape index (κ2) is 7.69. The van der Waals surface area contributed by atoms with Crippen molar-refractivity contribution in [2.45, 2.75) is 46.1 Å². The zero-order valence-electron chi connectivity index (χ0n) is 11.6. The van der Waals surface area contributed by atoms with Gasteiger partial charge >= 0.3 is 0 Å². The standard InChI is InChI=1S/C13H22BrN3O/c1-5-8-10(18-7-3)12-16-9(6-2)11(14)13(15-4)17-12/h10H,5-8H2,1-4H3,(H,15,16,17). The molecule has 0 radical (unpaired) electrons. The van der Waals surface area contributed by atoms with Crippen LogP contribution < -0.4 is 5.32 Å². The monoisotopic (exact) mass is 315 g/mol. The van der Waals surface area contributed by atoms with Crippen LogP contribution >= 0.6 is 15.9 Å². The van der Waals surface area contributed by atoms with E-state index in [0.717, 1.165) is 41.1 Å². The summed E-state index contributed by atoms with van der Waals surface area (Å²) in [6, 6.07) is 0. The zero-order chi connectivity index (χ0) is 13.5. The molecule has 5 heteroatoms. The summed E-state index contributed by atoms with van der Waals surface area (Å²) < 4.78 is 6.69. The number of aromatic nitrogens is 2. The number of hydrogen-bond donors (Lipinski definition) is 1. The predicted octanol–water partition coefficient (Wildman–Crippen LogP) is 3.72. The predicted molar refractivity (Wildman–Crippen MR) is 77.9 cm³/mol. The number of anilines is 1. The van der Waals surface area contributed by atoms with Crippen molar-refractivity contribution in [3.05, 3.63) is 16.0 Å². The number of ether oxygens (including phenoxy) is 1. The largest absolute Gasteiger partial charge is 0.372 e. The highest BCUT2D eigenvalue weighted by Gasteiger charge is 2.18. The summed E-state index contributed by atoms with van der Waals surface area (Å²) in [5, 5.41) is 3.10. The highest BCUT2D eigenvalue weighted by Crippen LogP contribution is 2.28. The first-order valence-corrected chi connectivity index (χ1v) is 7.32. The van der Waals surface area contributed by atoms with Crippen LogP contribution in [0.2, 0.25) is 0 Å². The summed E-state index contributed by atoms with van der Waals surface area (Å²) >= 11 is 3.53. The van der Waals surface area contributed by atoms with E-state index >= 15 is 0 Å². The molecular formula is C13H22BrN3O. The molecule has 0 aliphatic heterocycles. The minimum atomic E-state index is -0.00880. The second-order valence-electron chi connectivity index (χ2n) is 4.03. The molecule has 1 aromatic rings. The Morgan fingerprint density at radius 1 is 1.28 bits per heavy atom. The van der Waals surface area contributed by atoms with Crippen LogP contribution in [0, 0.1) is 0 Å². The minimum absolute atomic E-state index is 0.00880. The van der Waals surface area contributed by atoms with Crippen molar-refractivity contribution in [1.29, 1.82) is 0 Å². The lowest BCUT2D eigenvalue weighted by atomic mass is 10.2. The van der Waals surface area contributed by atoms with Crippen molar-refractivity contribution in [3.63, 3.8) is 0 Å². The van der Waals surface area contributed by atoms with Crippen molar-refractivity contribution < 1.29 is 4.74 Å². The van der Waals surface area contributed by atoms with Crippen LogP contribution in [0.1, 0.15) is 51.2 Å². The molecule has 0 spiro atoms. The maximum absolute atomic E-state index is 5.74. The van der Waals surface area contributed by atoms with E-state index in [1.807, 2.05) is 14.0 Å². The van der Waals surface area contributed by atoms with Gasteiger partial charge in [-0.1, -0.05) is 20.3 Å². The zero-order valence-corrected chi connectivity index (χ0v) is 13.2. The summed E-state index contributed by atoms with van der Waals surface area (Å²) in [4.78, 5) is 9.16. The first kappa shape index (κ1) is 15.4. The first-order chi connectivity index (χ1) is 8.67. The van der Waals surface area contributed by atoms with Gasteiger partial charge in [-0.25, -0.2) is 9.97 Å². The molecule has 0 bridgehead atoms. The van der Waals surface area contributed by atoms with Gasteiger partial charge in [0.1, 0.15) is 11.9 Å². The molecule has 0 saturated heterocycles. The van der Waals surface area contributed by atoms with Crippen LogP contribution in [0.3, 0.4) is 0 Å². The molecule has 4 nitrogen and oxygen atoms in total. The molecule has 1 heterocycles. The Morgan fingerprint density at radius 3 is 2.50 bits per heavy atom. The van der Waals surface area contributed by atoms with E-state index < -0.39 is 0 Å². The summed E-state index contributed by atoms with van der Waals surface area (Å²) in [5.74, 6) is 1.61. The summed E-state index contributed by atoms with van der Waals surface area (Å²) in [6.45, 7) is 6.91. The van der Waals surface area contributed by atoms with Crippen LogP contribution in [-0.4, -0.2) is 23.6 Å². The maximum Gasteiger partial charge on any atom is 0.159 e. The fraction of sp³-hybridized carbons (Fsp3) is 0.692. The fourth-order valence-corrected chi connectivity index (χ4v) is 2.46. The normalized spacial score (nSPS) is 12.5. The van der Waals surface area contributed by atoms with Crippen LogP contribution in [0.25, 0.3) is 0 Å². The average Bonchev–Trinajstić information content (AvgIpc) is 2.39. The number of halogens is 1. The fourth-order valence-electron chi connectivity index (χ4n) is 1.81. The molecule has 1 rings (SSSR count). The van der Waals surface area contributed by atoms with Gasteiger partial charge in [0.25, 0.3) is 0 Å². The maximum atomic E-state index is 5.74. The van der Waals surface area contributed by atoms with Gasteiger partial charge < -0.3 is 10.1 Å². The number of rotatable bonds is 7. The van der Waals surface area contributed by atoms with E-state index in [9.17, 15) is 0 Å². The molecule has 1 N–H and O–H groups in total.